The van der Waals surface area contributed by atoms with Gasteiger partial charge in [0.15, 0.2) is 5.82 Å². The number of tetrazole rings is 1. The lowest BCUT2D eigenvalue weighted by Crippen LogP contribution is -2.17. The van der Waals surface area contributed by atoms with Crippen molar-refractivity contribution in [1.29, 1.82) is 0 Å². The summed E-state index contributed by atoms with van der Waals surface area (Å²) in [5, 5.41) is 11.2. The lowest BCUT2D eigenvalue weighted by Gasteiger charge is -2.09. The topological polar surface area (TPSA) is 89.8 Å². The number of aryl methyl sites for hydroxylation is 1. The maximum Gasteiger partial charge on any atom is 0.232 e. The Morgan fingerprint density at radius 2 is 2.14 bits per heavy atom. The smallest absolute Gasteiger partial charge is 0.232 e. The number of benzene rings is 1. The monoisotopic (exact) mass is 329 g/mol. The SMILES string of the molecule is Cc1nnnn1-c1cccc(NS(=O)(=O)CCCCCl)c1. The van der Waals surface area contributed by atoms with Gasteiger partial charge >= 0.3 is 0 Å². The molecule has 0 bridgehead atoms. The molecule has 0 radical (unpaired) electrons. The molecule has 9 heteroatoms. The summed E-state index contributed by atoms with van der Waals surface area (Å²) in [5.74, 6) is 1.13. The molecular formula is C12H16ClN5O2S. The molecule has 21 heavy (non-hydrogen) atoms. The van der Waals surface area contributed by atoms with E-state index >= 15 is 0 Å². The Hall–Kier alpha value is -1.67. The predicted molar refractivity (Wildman–Crippen MR) is 81.3 cm³/mol. The van der Waals surface area contributed by atoms with Crippen molar-refractivity contribution in [3.05, 3.63) is 30.1 Å². The fourth-order valence-electron chi connectivity index (χ4n) is 1.79. The van der Waals surface area contributed by atoms with Crippen molar-refractivity contribution in [2.75, 3.05) is 16.4 Å². The van der Waals surface area contributed by atoms with E-state index in [1.165, 1.54) is 4.68 Å². The van der Waals surface area contributed by atoms with Crippen LogP contribution in [0, 0.1) is 6.92 Å². The van der Waals surface area contributed by atoms with Gasteiger partial charge in [0.25, 0.3) is 0 Å². The summed E-state index contributed by atoms with van der Waals surface area (Å²) >= 11 is 5.55. The average Bonchev–Trinajstić information content (AvgIpc) is 2.85. The largest absolute Gasteiger partial charge is 0.283 e. The van der Waals surface area contributed by atoms with E-state index in [1.807, 2.05) is 0 Å². The molecule has 0 aliphatic carbocycles. The van der Waals surface area contributed by atoms with Gasteiger partial charge in [-0.2, -0.15) is 4.68 Å². The van der Waals surface area contributed by atoms with Crippen LogP contribution in [-0.4, -0.2) is 40.3 Å². The molecule has 114 valence electrons. The molecule has 1 aromatic heterocycles. The highest BCUT2D eigenvalue weighted by Gasteiger charge is 2.11. The van der Waals surface area contributed by atoms with E-state index in [2.05, 4.69) is 20.2 Å². The molecule has 2 rings (SSSR count). The first-order valence-corrected chi connectivity index (χ1v) is 8.62. The number of nitrogens with one attached hydrogen (secondary N) is 1. The standard InChI is InChI=1S/C12H16ClN5O2S/c1-10-14-16-17-18(10)12-6-4-5-11(9-12)15-21(19,20)8-3-2-7-13/h4-6,9,15H,2-3,7-8H2,1H3. The number of sulfonamides is 1. The van der Waals surface area contributed by atoms with Gasteiger partial charge in [-0.3, -0.25) is 4.72 Å². The van der Waals surface area contributed by atoms with Crippen molar-refractivity contribution in [3.63, 3.8) is 0 Å². The molecule has 2 aromatic rings. The zero-order valence-corrected chi connectivity index (χ0v) is 13.1. The third kappa shape index (κ3) is 4.40. The Kier molecular flexibility index (Phi) is 5.13. The number of alkyl halides is 1. The fraction of sp³-hybridized carbons (Fsp3) is 0.417. The van der Waals surface area contributed by atoms with E-state index in [1.54, 1.807) is 31.2 Å². The number of hydrogen-bond acceptors (Lipinski definition) is 5. The van der Waals surface area contributed by atoms with Gasteiger partial charge < -0.3 is 0 Å². The molecule has 0 saturated carbocycles. The predicted octanol–water partition coefficient (Wildman–Crippen LogP) is 1.73. The molecule has 0 aliphatic heterocycles. The van der Waals surface area contributed by atoms with Crippen molar-refractivity contribution in [3.8, 4) is 5.69 Å². The number of rotatable bonds is 7. The Bertz CT molecular complexity index is 701. The van der Waals surface area contributed by atoms with E-state index in [-0.39, 0.29) is 5.75 Å². The minimum Gasteiger partial charge on any atom is -0.283 e. The Labute approximate surface area is 128 Å². The summed E-state index contributed by atoms with van der Waals surface area (Å²) in [7, 11) is -3.37. The second-order valence-electron chi connectivity index (χ2n) is 4.51. The van der Waals surface area contributed by atoms with Crippen LogP contribution < -0.4 is 4.72 Å². The molecule has 0 spiro atoms. The van der Waals surface area contributed by atoms with E-state index in [4.69, 9.17) is 11.6 Å². The zero-order chi connectivity index (χ0) is 15.3. The number of unbranched alkanes of at least 4 members (excludes halogenated alkanes) is 1. The third-order valence-corrected chi connectivity index (χ3v) is 4.43. The highest BCUT2D eigenvalue weighted by atomic mass is 35.5. The molecule has 0 aliphatic rings. The molecule has 1 heterocycles. The Balaban J connectivity index is 2.13. The van der Waals surface area contributed by atoms with Gasteiger partial charge in [-0.25, -0.2) is 8.42 Å². The lowest BCUT2D eigenvalue weighted by atomic mass is 10.3. The molecule has 0 amide bonds. The van der Waals surface area contributed by atoms with Crippen molar-refractivity contribution in [2.45, 2.75) is 19.8 Å². The van der Waals surface area contributed by atoms with E-state index in [0.717, 1.165) is 0 Å². The van der Waals surface area contributed by atoms with Gasteiger partial charge in [-0.1, -0.05) is 6.07 Å². The fourth-order valence-corrected chi connectivity index (χ4v) is 3.15. The van der Waals surface area contributed by atoms with Crippen LogP contribution in [0.15, 0.2) is 24.3 Å². The second kappa shape index (κ2) is 6.86. The molecule has 0 fully saturated rings. The Morgan fingerprint density at radius 3 is 2.81 bits per heavy atom. The summed E-state index contributed by atoms with van der Waals surface area (Å²) in [4.78, 5) is 0. The molecule has 0 atom stereocenters. The van der Waals surface area contributed by atoms with Crippen LogP contribution >= 0.6 is 11.6 Å². The molecule has 7 nitrogen and oxygen atoms in total. The summed E-state index contributed by atoms with van der Waals surface area (Å²) in [5.41, 5.74) is 1.17. The van der Waals surface area contributed by atoms with Crippen LogP contribution in [-0.2, 0) is 10.0 Å². The summed E-state index contributed by atoms with van der Waals surface area (Å²) in [6, 6.07) is 6.91. The summed E-state index contributed by atoms with van der Waals surface area (Å²) in [6.45, 7) is 1.77. The summed E-state index contributed by atoms with van der Waals surface area (Å²) < 4.78 is 28.0. The van der Waals surface area contributed by atoms with E-state index < -0.39 is 10.0 Å². The number of anilines is 1. The summed E-state index contributed by atoms with van der Waals surface area (Å²) in [6.07, 6.45) is 1.21. The normalized spacial score (nSPS) is 11.5. The van der Waals surface area contributed by atoms with Gasteiger partial charge in [0, 0.05) is 5.88 Å². The number of aromatic nitrogens is 4. The first-order valence-electron chi connectivity index (χ1n) is 6.44. The van der Waals surface area contributed by atoms with Crippen LogP contribution in [0.3, 0.4) is 0 Å². The van der Waals surface area contributed by atoms with Crippen LogP contribution in [0.2, 0.25) is 0 Å². The van der Waals surface area contributed by atoms with Crippen molar-refractivity contribution in [1.82, 2.24) is 20.2 Å². The third-order valence-electron chi connectivity index (χ3n) is 2.79. The highest BCUT2D eigenvalue weighted by Crippen LogP contribution is 2.16. The van der Waals surface area contributed by atoms with Crippen molar-refractivity contribution < 1.29 is 8.42 Å². The van der Waals surface area contributed by atoms with Crippen LogP contribution in [0.25, 0.3) is 5.69 Å². The minimum absolute atomic E-state index is 0.0495. The van der Waals surface area contributed by atoms with Gasteiger partial charge in [0.05, 0.1) is 17.1 Å². The van der Waals surface area contributed by atoms with Gasteiger partial charge in [-0.15, -0.1) is 16.7 Å². The molecule has 1 aromatic carbocycles. The van der Waals surface area contributed by atoms with Gasteiger partial charge in [0.2, 0.25) is 10.0 Å². The average molecular weight is 330 g/mol. The van der Waals surface area contributed by atoms with E-state index in [0.29, 0.717) is 35.9 Å². The number of nitrogens with zero attached hydrogens (tertiary/aromatic N) is 4. The lowest BCUT2D eigenvalue weighted by molar-refractivity contribution is 0.598. The zero-order valence-electron chi connectivity index (χ0n) is 11.5. The first-order chi connectivity index (χ1) is 10.0. The maximum atomic E-state index is 11.9. The van der Waals surface area contributed by atoms with Crippen LogP contribution in [0.4, 0.5) is 5.69 Å². The molecule has 1 N–H and O–H groups in total. The Morgan fingerprint density at radius 1 is 1.33 bits per heavy atom. The van der Waals surface area contributed by atoms with Gasteiger partial charge in [0.1, 0.15) is 0 Å². The number of hydrogen-bond donors (Lipinski definition) is 1. The van der Waals surface area contributed by atoms with Gasteiger partial charge in [-0.05, 0) is 48.4 Å². The molecule has 0 unspecified atom stereocenters. The maximum absolute atomic E-state index is 11.9. The molecular weight excluding hydrogens is 314 g/mol. The number of halogens is 1. The van der Waals surface area contributed by atoms with Crippen molar-refractivity contribution in [2.24, 2.45) is 0 Å². The van der Waals surface area contributed by atoms with Crippen LogP contribution in [0.1, 0.15) is 18.7 Å². The molecule has 0 saturated heterocycles. The minimum atomic E-state index is -3.37. The highest BCUT2D eigenvalue weighted by molar-refractivity contribution is 7.92. The van der Waals surface area contributed by atoms with Crippen molar-refractivity contribution >= 4 is 27.3 Å². The van der Waals surface area contributed by atoms with E-state index in [9.17, 15) is 8.42 Å². The second-order valence-corrected chi connectivity index (χ2v) is 6.73. The first kappa shape index (κ1) is 15.7. The van der Waals surface area contributed by atoms with Crippen LogP contribution in [0.5, 0.6) is 0 Å². The quantitative estimate of drug-likeness (QED) is 0.617.